The Bertz CT molecular complexity index is 1240. The van der Waals surface area contributed by atoms with Gasteiger partial charge in [0.15, 0.2) is 11.5 Å². The monoisotopic (exact) mass is 620 g/mol. The lowest BCUT2D eigenvalue weighted by atomic mass is 10.1. The summed E-state index contributed by atoms with van der Waals surface area (Å²) >= 11 is 8.17. The first-order valence-electron chi connectivity index (χ1n) is 10.7. The van der Waals surface area contributed by atoms with E-state index in [0.717, 1.165) is 15.2 Å². The standard InChI is InChI=1S/C24H22Br2N4O4S/c1-3-21-29-30-24(35-21)28-23(31)16(14-27)11-15-12-19(26)22(20(13-15)32-4-2)34-10-9-33-18-7-5-17(25)6-8-18/h5-8,11-13H,3-4,9-10H2,1-2H3,(H,28,30,31). The highest BCUT2D eigenvalue weighted by molar-refractivity contribution is 9.10. The van der Waals surface area contributed by atoms with Gasteiger partial charge in [0.25, 0.3) is 5.91 Å². The number of rotatable bonds is 11. The number of amides is 1. The number of aryl methyl sites for hydroxylation is 1. The van der Waals surface area contributed by atoms with Crippen molar-refractivity contribution in [1.29, 1.82) is 5.26 Å². The Hall–Kier alpha value is -2.94. The van der Waals surface area contributed by atoms with Crippen LogP contribution in [0.5, 0.6) is 17.2 Å². The fourth-order valence-electron chi connectivity index (χ4n) is 2.84. The van der Waals surface area contributed by atoms with E-state index in [1.165, 1.54) is 17.4 Å². The van der Waals surface area contributed by atoms with Crippen LogP contribution in [0.25, 0.3) is 6.08 Å². The van der Waals surface area contributed by atoms with Gasteiger partial charge in [0.05, 0.1) is 11.1 Å². The molecule has 3 rings (SSSR count). The lowest BCUT2D eigenvalue weighted by Crippen LogP contribution is -2.13. The number of aromatic nitrogens is 2. The van der Waals surface area contributed by atoms with E-state index in [2.05, 4.69) is 47.4 Å². The van der Waals surface area contributed by atoms with Gasteiger partial charge >= 0.3 is 0 Å². The number of carbonyl (C=O) groups is 1. The normalized spacial score (nSPS) is 11.0. The second kappa shape index (κ2) is 13.2. The Kier molecular flexibility index (Phi) is 10.1. The van der Waals surface area contributed by atoms with E-state index in [9.17, 15) is 10.1 Å². The first kappa shape index (κ1) is 26.7. The van der Waals surface area contributed by atoms with Crippen molar-refractivity contribution in [3.8, 4) is 23.3 Å². The van der Waals surface area contributed by atoms with Crippen LogP contribution in [-0.4, -0.2) is 35.9 Å². The number of ether oxygens (including phenoxy) is 3. The van der Waals surface area contributed by atoms with Crippen molar-refractivity contribution in [2.24, 2.45) is 0 Å². The van der Waals surface area contributed by atoms with Gasteiger partial charge in [0.2, 0.25) is 5.13 Å². The maximum Gasteiger partial charge on any atom is 0.268 e. The second-order valence-corrected chi connectivity index (χ2v) is 9.72. The molecule has 0 fully saturated rings. The Balaban J connectivity index is 1.71. The molecule has 0 aliphatic heterocycles. The number of nitrogens with zero attached hydrogens (tertiary/aromatic N) is 3. The number of anilines is 1. The molecule has 1 amide bonds. The molecule has 182 valence electrons. The van der Waals surface area contributed by atoms with Crippen LogP contribution in [0.4, 0.5) is 5.13 Å². The molecule has 0 atom stereocenters. The number of hydrogen-bond donors (Lipinski definition) is 1. The highest BCUT2D eigenvalue weighted by Crippen LogP contribution is 2.37. The molecule has 1 heterocycles. The Labute approximate surface area is 224 Å². The van der Waals surface area contributed by atoms with Crippen molar-refractivity contribution in [3.63, 3.8) is 0 Å². The molecule has 1 N–H and O–H groups in total. The van der Waals surface area contributed by atoms with E-state index in [-0.39, 0.29) is 12.2 Å². The molecule has 0 spiro atoms. The fourth-order valence-corrected chi connectivity index (χ4v) is 4.35. The van der Waals surface area contributed by atoms with Gasteiger partial charge in [-0.15, -0.1) is 10.2 Å². The number of nitriles is 1. The van der Waals surface area contributed by atoms with E-state index in [1.54, 1.807) is 12.1 Å². The van der Waals surface area contributed by atoms with Gasteiger partial charge in [0.1, 0.15) is 35.6 Å². The molecule has 0 saturated carbocycles. The molecule has 3 aromatic rings. The fraction of sp³-hybridized carbons (Fsp3) is 0.250. The molecule has 0 bridgehead atoms. The van der Waals surface area contributed by atoms with Crippen molar-refractivity contribution >= 4 is 60.3 Å². The van der Waals surface area contributed by atoms with Crippen molar-refractivity contribution in [1.82, 2.24) is 10.2 Å². The van der Waals surface area contributed by atoms with E-state index in [1.807, 2.05) is 44.2 Å². The largest absolute Gasteiger partial charge is 0.490 e. The van der Waals surface area contributed by atoms with Crippen molar-refractivity contribution in [2.75, 3.05) is 25.1 Å². The van der Waals surface area contributed by atoms with Crippen LogP contribution in [0, 0.1) is 11.3 Å². The molecule has 0 saturated heterocycles. The zero-order chi connectivity index (χ0) is 25.2. The summed E-state index contributed by atoms with van der Waals surface area (Å²) in [6.45, 7) is 4.84. The SMILES string of the molecule is CCOc1cc(C=C(C#N)C(=O)Nc2nnc(CC)s2)cc(Br)c1OCCOc1ccc(Br)cc1. The molecule has 0 aliphatic carbocycles. The quantitative estimate of drug-likeness (QED) is 0.158. The summed E-state index contributed by atoms with van der Waals surface area (Å²) in [5, 5.41) is 21.2. The summed E-state index contributed by atoms with van der Waals surface area (Å²) in [6, 6.07) is 12.9. The molecule has 8 nitrogen and oxygen atoms in total. The smallest absolute Gasteiger partial charge is 0.268 e. The lowest BCUT2D eigenvalue weighted by molar-refractivity contribution is -0.112. The van der Waals surface area contributed by atoms with Crippen molar-refractivity contribution < 1.29 is 19.0 Å². The van der Waals surface area contributed by atoms with Crippen molar-refractivity contribution in [3.05, 3.63) is 61.5 Å². The highest BCUT2D eigenvalue weighted by Gasteiger charge is 2.16. The molecule has 0 unspecified atom stereocenters. The number of benzene rings is 2. The Morgan fingerprint density at radius 3 is 2.51 bits per heavy atom. The van der Waals surface area contributed by atoms with E-state index in [4.69, 9.17) is 14.2 Å². The third-order valence-corrected chi connectivity index (χ3v) is 6.51. The third kappa shape index (κ3) is 7.78. The van der Waals surface area contributed by atoms with Crippen LogP contribution < -0.4 is 19.5 Å². The minimum atomic E-state index is -0.564. The number of carbonyl (C=O) groups excluding carboxylic acids is 1. The molecule has 0 aliphatic rings. The van der Waals surface area contributed by atoms with Gasteiger partial charge in [-0.05, 0) is 77.3 Å². The van der Waals surface area contributed by atoms with Gasteiger partial charge in [-0.1, -0.05) is 34.2 Å². The molecular weight excluding hydrogens is 600 g/mol. The lowest BCUT2D eigenvalue weighted by Gasteiger charge is -2.15. The molecular formula is C24H22Br2N4O4S. The van der Waals surface area contributed by atoms with Crippen LogP contribution in [0.15, 0.2) is 50.9 Å². The van der Waals surface area contributed by atoms with E-state index in [0.29, 0.717) is 46.3 Å². The van der Waals surface area contributed by atoms with E-state index >= 15 is 0 Å². The van der Waals surface area contributed by atoms with Crippen molar-refractivity contribution in [2.45, 2.75) is 20.3 Å². The first-order chi connectivity index (χ1) is 16.9. The number of hydrogen-bond acceptors (Lipinski definition) is 8. The predicted molar refractivity (Wildman–Crippen MR) is 142 cm³/mol. The summed E-state index contributed by atoms with van der Waals surface area (Å²) < 4.78 is 18.9. The molecule has 35 heavy (non-hydrogen) atoms. The van der Waals surface area contributed by atoms with Crippen LogP contribution in [-0.2, 0) is 11.2 Å². The van der Waals surface area contributed by atoms with Crippen LogP contribution in [0.3, 0.4) is 0 Å². The van der Waals surface area contributed by atoms with Gasteiger partial charge in [-0.2, -0.15) is 5.26 Å². The predicted octanol–water partition coefficient (Wildman–Crippen LogP) is 6.03. The minimum Gasteiger partial charge on any atom is -0.490 e. The molecule has 11 heteroatoms. The zero-order valence-electron chi connectivity index (χ0n) is 19.0. The molecule has 1 aromatic heterocycles. The summed E-state index contributed by atoms with van der Waals surface area (Å²) in [6.07, 6.45) is 2.19. The molecule has 0 radical (unpaired) electrons. The minimum absolute atomic E-state index is 0.0795. The van der Waals surface area contributed by atoms with Gasteiger partial charge < -0.3 is 14.2 Å². The average Bonchev–Trinajstić information content (AvgIpc) is 3.30. The zero-order valence-corrected chi connectivity index (χ0v) is 23.0. The summed E-state index contributed by atoms with van der Waals surface area (Å²) in [5.41, 5.74) is 0.515. The highest BCUT2D eigenvalue weighted by atomic mass is 79.9. The van der Waals surface area contributed by atoms with Crippen LogP contribution >= 0.6 is 43.2 Å². The Morgan fingerprint density at radius 2 is 1.86 bits per heavy atom. The van der Waals surface area contributed by atoms with Crippen LogP contribution in [0.2, 0.25) is 0 Å². The van der Waals surface area contributed by atoms with Gasteiger partial charge in [-0.25, -0.2) is 0 Å². The van der Waals surface area contributed by atoms with Crippen LogP contribution in [0.1, 0.15) is 24.4 Å². The Morgan fingerprint density at radius 1 is 1.11 bits per heavy atom. The average molecular weight is 622 g/mol. The molecule has 2 aromatic carbocycles. The first-order valence-corrected chi connectivity index (χ1v) is 13.1. The van der Waals surface area contributed by atoms with Gasteiger partial charge in [0, 0.05) is 4.47 Å². The second-order valence-electron chi connectivity index (χ2n) is 6.89. The number of nitrogens with one attached hydrogen (secondary N) is 1. The third-order valence-electron chi connectivity index (χ3n) is 4.41. The van der Waals surface area contributed by atoms with Gasteiger partial charge in [-0.3, -0.25) is 10.1 Å². The van der Waals surface area contributed by atoms with E-state index < -0.39 is 5.91 Å². The maximum absolute atomic E-state index is 12.6. The summed E-state index contributed by atoms with van der Waals surface area (Å²) in [4.78, 5) is 12.6. The maximum atomic E-state index is 12.6. The topological polar surface area (TPSA) is 106 Å². The summed E-state index contributed by atoms with van der Waals surface area (Å²) in [5.74, 6) is 1.16. The summed E-state index contributed by atoms with van der Waals surface area (Å²) in [7, 11) is 0. The number of halogens is 2.